The molecule has 26 heavy (non-hydrogen) atoms. The van der Waals surface area contributed by atoms with Crippen molar-refractivity contribution in [2.24, 2.45) is 0 Å². The number of nitriles is 1. The molecule has 0 unspecified atom stereocenters. The summed E-state index contributed by atoms with van der Waals surface area (Å²) in [6, 6.07) is 22.0. The summed E-state index contributed by atoms with van der Waals surface area (Å²) in [6.45, 7) is 0. The largest absolute Gasteiger partial charge is 0.455 e. The molecule has 0 radical (unpaired) electrons. The quantitative estimate of drug-likeness (QED) is 0.655. The van der Waals surface area contributed by atoms with Crippen LogP contribution in [0.15, 0.2) is 78.0 Å². The van der Waals surface area contributed by atoms with Gasteiger partial charge in [0.1, 0.15) is 5.75 Å². The molecule has 0 saturated carbocycles. The summed E-state index contributed by atoms with van der Waals surface area (Å²) in [5, 5.41) is 12.4. The molecule has 2 aromatic carbocycles. The van der Waals surface area contributed by atoms with Gasteiger partial charge in [0.2, 0.25) is 5.91 Å². The van der Waals surface area contributed by atoms with Crippen LogP contribution in [0.3, 0.4) is 0 Å². The smallest absolute Gasteiger partial charge is 0.234 e. The molecule has 0 aliphatic heterocycles. The standard InChI is InChI=1S/C20H15N3O2S/c21-13-15-10-11-22-20(12-15)26-14-19(24)23-17-8-4-5-9-18(17)25-16-6-2-1-3-7-16/h1-12H,14H2,(H,23,24). The van der Waals surface area contributed by atoms with Crippen molar-refractivity contribution in [3.63, 3.8) is 0 Å². The lowest BCUT2D eigenvalue weighted by Crippen LogP contribution is -2.14. The summed E-state index contributed by atoms with van der Waals surface area (Å²) in [5.74, 6) is 1.27. The summed E-state index contributed by atoms with van der Waals surface area (Å²) in [5.41, 5.74) is 1.12. The third kappa shape index (κ3) is 4.85. The number of rotatable bonds is 6. The summed E-state index contributed by atoms with van der Waals surface area (Å²) >= 11 is 1.27. The summed E-state index contributed by atoms with van der Waals surface area (Å²) in [4.78, 5) is 16.4. The van der Waals surface area contributed by atoms with Gasteiger partial charge in [-0.2, -0.15) is 5.26 Å². The normalized spacial score (nSPS) is 9.96. The Labute approximate surface area is 155 Å². The van der Waals surface area contributed by atoms with E-state index >= 15 is 0 Å². The second-order valence-corrected chi connectivity index (χ2v) is 6.24. The molecule has 1 N–H and O–H groups in total. The Morgan fingerprint density at radius 3 is 2.69 bits per heavy atom. The van der Waals surface area contributed by atoms with Gasteiger partial charge in [-0.3, -0.25) is 4.79 Å². The number of anilines is 1. The highest BCUT2D eigenvalue weighted by molar-refractivity contribution is 7.99. The van der Waals surface area contributed by atoms with Crippen LogP contribution in [0.4, 0.5) is 5.69 Å². The molecule has 0 fully saturated rings. The number of para-hydroxylation sites is 3. The van der Waals surface area contributed by atoms with E-state index in [1.807, 2.05) is 42.5 Å². The molecule has 0 aliphatic carbocycles. The fraction of sp³-hybridized carbons (Fsp3) is 0.0500. The SMILES string of the molecule is N#Cc1ccnc(SCC(=O)Nc2ccccc2Oc2ccccc2)c1. The fourth-order valence-corrected chi connectivity index (χ4v) is 2.85. The molecule has 0 spiro atoms. The molecule has 0 saturated heterocycles. The Morgan fingerprint density at radius 2 is 1.88 bits per heavy atom. The maximum atomic E-state index is 12.3. The maximum Gasteiger partial charge on any atom is 0.234 e. The van der Waals surface area contributed by atoms with E-state index in [9.17, 15) is 4.79 Å². The summed E-state index contributed by atoms with van der Waals surface area (Å²) in [7, 11) is 0. The minimum absolute atomic E-state index is 0.178. The number of ether oxygens (including phenoxy) is 1. The molecular formula is C20H15N3O2S. The minimum Gasteiger partial charge on any atom is -0.455 e. The lowest BCUT2D eigenvalue weighted by Gasteiger charge is -2.12. The average Bonchev–Trinajstić information content (AvgIpc) is 2.69. The number of aromatic nitrogens is 1. The highest BCUT2D eigenvalue weighted by atomic mass is 32.2. The Bertz CT molecular complexity index is 939. The molecule has 0 bridgehead atoms. The number of thioether (sulfide) groups is 1. The van der Waals surface area contributed by atoms with Gasteiger partial charge in [-0.1, -0.05) is 42.1 Å². The Kier molecular flexibility index (Phi) is 5.86. The minimum atomic E-state index is -0.178. The van der Waals surface area contributed by atoms with E-state index in [4.69, 9.17) is 10.00 Å². The number of carbonyl (C=O) groups excluding carboxylic acids is 1. The Hall–Kier alpha value is -3.30. The van der Waals surface area contributed by atoms with Gasteiger partial charge in [0.15, 0.2) is 5.75 Å². The van der Waals surface area contributed by atoms with E-state index in [0.29, 0.717) is 27.8 Å². The third-order valence-corrected chi connectivity index (χ3v) is 4.27. The number of carbonyl (C=O) groups is 1. The number of pyridine rings is 1. The van der Waals surface area contributed by atoms with E-state index in [0.717, 1.165) is 0 Å². The maximum absolute atomic E-state index is 12.3. The first-order chi connectivity index (χ1) is 12.7. The lowest BCUT2D eigenvalue weighted by molar-refractivity contribution is -0.113. The van der Waals surface area contributed by atoms with Gasteiger partial charge >= 0.3 is 0 Å². The van der Waals surface area contributed by atoms with Crippen LogP contribution in [0.2, 0.25) is 0 Å². The number of nitrogens with one attached hydrogen (secondary N) is 1. The van der Waals surface area contributed by atoms with Gasteiger partial charge in [-0.05, 0) is 36.4 Å². The molecule has 3 aromatic rings. The first kappa shape index (κ1) is 17.5. The van der Waals surface area contributed by atoms with E-state index < -0.39 is 0 Å². The molecule has 1 aromatic heterocycles. The zero-order valence-corrected chi connectivity index (χ0v) is 14.6. The van der Waals surface area contributed by atoms with E-state index in [2.05, 4.69) is 16.4 Å². The molecular weight excluding hydrogens is 346 g/mol. The first-order valence-corrected chi connectivity index (χ1v) is 8.84. The molecule has 1 heterocycles. The lowest BCUT2D eigenvalue weighted by atomic mass is 10.3. The molecule has 128 valence electrons. The molecule has 0 atom stereocenters. The van der Waals surface area contributed by atoms with Gasteiger partial charge < -0.3 is 10.1 Å². The predicted molar refractivity (Wildman–Crippen MR) is 101 cm³/mol. The van der Waals surface area contributed by atoms with Crippen LogP contribution < -0.4 is 10.1 Å². The Morgan fingerprint density at radius 1 is 1.12 bits per heavy atom. The number of nitrogens with zero attached hydrogens (tertiary/aromatic N) is 2. The van der Waals surface area contributed by atoms with Crippen LogP contribution in [-0.4, -0.2) is 16.6 Å². The van der Waals surface area contributed by atoms with Crippen molar-refractivity contribution < 1.29 is 9.53 Å². The predicted octanol–water partition coefficient (Wildman–Crippen LogP) is 4.48. The van der Waals surface area contributed by atoms with Gasteiger partial charge in [-0.25, -0.2) is 4.98 Å². The highest BCUT2D eigenvalue weighted by Gasteiger charge is 2.09. The highest BCUT2D eigenvalue weighted by Crippen LogP contribution is 2.29. The molecule has 1 amide bonds. The van der Waals surface area contributed by atoms with Gasteiger partial charge in [0.05, 0.1) is 28.1 Å². The second kappa shape index (κ2) is 8.70. The number of amides is 1. The van der Waals surface area contributed by atoms with Crippen LogP contribution in [0, 0.1) is 11.3 Å². The monoisotopic (exact) mass is 361 g/mol. The third-order valence-electron chi connectivity index (χ3n) is 3.35. The van der Waals surface area contributed by atoms with Gasteiger partial charge in [0, 0.05) is 6.20 Å². The van der Waals surface area contributed by atoms with Crippen LogP contribution in [0.1, 0.15) is 5.56 Å². The topological polar surface area (TPSA) is 75.0 Å². The van der Waals surface area contributed by atoms with Crippen molar-refractivity contribution in [2.45, 2.75) is 5.03 Å². The van der Waals surface area contributed by atoms with Crippen molar-refractivity contribution in [3.05, 3.63) is 78.5 Å². The molecule has 3 rings (SSSR count). The van der Waals surface area contributed by atoms with E-state index in [1.54, 1.807) is 30.5 Å². The fourth-order valence-electron chi connectivity index (χ4n) is 2.16. The van der Waals surface area contributed by atoms with Crippen LogP contribution in [-0.2, 0) is 4.79 Å². The molecule has 6 heteroatoms. The van der Waals surface area contributed by atoms with Gasteiger partial charge in [-0.15, -0.1) is 0 Å². The van der Waals surface area contributed by atoms with Crippen molar-refractivity contribution in [2.75, 3.05) is 11.1 Å². The van der Waals surface area contributed by atoms with Crippen LogP contribution in [0.25, 0.3) is 0 Å². The molecule has 0 aliphatic rings. The van der Waals surface area contributed by atoms with Crippen molar-refractivity contribution in [3.8, 4) is 17.6 Å². The first-order valence-electron chi connectivity index (χ1n) is 7.85. The van der Waals surface area contributed by atoms with Crippen molar-refractivity contribution in [1.29, 1.82) is 5.26 Å². The second-order valence-electron chi connectivity index (χ2n) is 5.24. The van der Waals surface area contributed by atoms with Crippen LogP contribution in [0.5, 0.6) is 11.5 Å². The number of hydrogen-bond acceptors (Lipinski definition) is 5. The summed E-state index contributed by atoms with van der Waals surface area (Å²) in [6.07, 6.45) is 1.56. The zero-order valence-electron chi connectivity index (χ0n) is 13.8. The van der Waals surface area contributed by atoms with Gasteiger partial charge in [0.25, 0.3) is 0 Å². The van der Waals surface area contributed by atoms with E-state index in [1.165, 1.54) is 11.8 Å². The molecule has 5 nitrogen and oxygen atoms in total. The number of benzene rings is 2. The number of hydrogen-bond donors (Lipinski definition) is 1. The van der Waals surface area contributed by atoms with Crippen LogP contribution >= 0.6 is 11.8 Å². The Balaban J connectivity index is 1.63. The average molecular weight is 361 g/mol. The zero-order chi connectivity index (χ0) is 18.2. The van der Waals surface area contributed by atoms with Crippen molar-refractivity contribution in [1.82, 2.24) is 4.98 Å². The van der Waals surface area contributed by atoms with E-state index in [-0.39, 0.29) is 11.7 Å². The summed E-state index contributed by atoms with van der Waals surface area (Å²) < 4.78 is 5.83. The van der Waals surface area contributed by atoms with Crippen molar-refractivity contribution >= 4 is 23.4 Å².